The number of nitrogens with one attached hydrogen (secondary N) is 2. The van der Waals surface area contributed by atoms with Gasteiger partial charge in [0.25, 0.3) is 5.91 Å². The number of esters is 1. The lowest BCUT2D eigenvalue weighted by atomic mass is 9.82. The molecule has 3 N–H and O–H groups in total. The topological polar surface area (TPSA) is 117 Å². The summed E-state index contributed by atoms with van der Waals surface area (Å²) in [6.07, 6.45) is -4.98. The van der Waals surface area contributed by atoms with Crippen LogP contribution in [0.15, 0.2) is 60.8 Å². The summed E-state index contributed by atoms with van der Waals surface area (Å²) in [5, 5.41) is 22.0. The number of aromatic nitrogens is 3. The molecular formula is C25H25F5N4O4. The molecule has 3 aromatic rings. The minimum Gasteiger partial charge on any atom is -0.458 e. The summed E-state index contributed by atoms with van der Waals surface area (Å²) in [6, 6.07) is 15.9. The molecule has 0 unspecified atom stereocenters. The van der Waals surface area contributed by atoms with Gasteiger partial charge in [0.05, 0.1) is 18.2 Å². The summed E-state index contributed by atoms with van der Waals surface area (Å²) in [4.78, 5) is 25.2. The Morgan fingerprint density at radius 2 is 1.66 bits per heavy atom. The molecule has 1 amide bonds. The first-order chi connectivity index (χ1) is 17.8. The molecule has 1 aromatic heterocycles. The molecule has 204 valence electrons. The fourth-order valence-corrected chi connectivity index (χ4v) is 3.66. The van der Waals surface area contributed by atoms with E-state index in [0.29, 0.717) is 5.56 Å². The second-order valence-electron chi connectivity index (χ2n) is 8.99. The number of carbonyl (C=O) groups excluding carboxylic acids is 2. The SMILES string of the molecule is C[C@@](CO)(C[C@H](Cc1ccc(-c2ccccc2)cc1)NC(=O)c1cn[nH]n1)C(=O)OCC(F)(F)C(F)(F)F. The minimum absolute atomic E-state index is 0.0764. The second-order valence-corrected chi connectivity index (χ2v) is 8.99. The fourth-order valence-electron chi connectivity index (χ4n) is 3.66. The van der Waals surface area contributed by atoms with Crippen molar-refractivity contribution in [1.82, 2.24) is 20.7 Å². The molecule has 8 nitrogen and oxygen atoms in total. The first-order valence-corrected chi connectivity index (χ1v) is 11.4. The van der Waals surface area contributed by atoms with Crippen LogP contribution in [0.1, 0.15) is 29.4 Å². The van der Waals surface area contributed by atoms with Gasteiger partial charge in [-0.3, -0.25) is 9.59 Å². The van der Waals surface area contributed by atoms with E-state index in [9.17, 15) is 36.6 Å². The van der Waals surface area contributed by atoms with E-state index in [0.717, 1.165) is 24.2 Å². The quantitative estimate of drug-likeness (QED) is 0.251. The van der Waals surface area contributed by atoms with Gasteiger partial charge in [-0.2, -0.15) is 37.4 Å². The van der Waals surface area contributed by atoms with Gasteiger partial charge >= 0.3 is 18.1 Å². The molecule has 0 aliphatic heterocycles. The van der Waals surface area contributed by atoms with Crippen LogP contribution in [0, 0.1) is 5.41 Å². The number of rotatable bonds is 11. The van der Waals surface area contributed by atoms with Crippen molar-refractivity contribution in [2.24, 2.45) is 5.41 Å². The van der Waals surface area contributed by atoms with Crippen molar-refractivity contribution in [3.63, 3.8) is 0 Å². The highest BCUT2D eigenvalue weighted by molar-refractivity contribution is 5.92. The summed E-state index contributed by atoms with van der Waals surface area (Å²) < 4.78 is 68.3. The van der Waals surface area contributed by atoms with Gasteiger partial charge in [-0.05, 0) is 36.5 Å². The zero-order valence-corrected chi connectivity index (χ0v) is 20.1. The number of aliphatic hydroxyl groups excluding tert-OH is 1. The Labute approximate surface area is 214 Å². The number of amides is 1. The number of hydrogen-bond acceptors (Lipinski definition) is 6. The number of ether oxygens (including phenoxy) is 1. The number of halogens is 5. The lowest BCUT2D eigenvalue weighted by Gasteiger charge is -2.31. The van der Waals surface area contributed by atoms with E-state index >= 15 is 0 Å². The average Bonchev–Trinajstić information content (AvgIpc) is 3.43. The van der Waals surface area contributed by atoms with Gasteiger partial charge in [-0.25, -0.2) is 0 Å². The van der Waals surface area contributed by atoms with Gasteiger partial charge in [-0.15, -0.1) is 0 Å². The maximum atomic E-state index is 13.3. The van der Waals surface area contributed by atoms with E-state index in [4.69, 9.17) is 0 Å². The maximum Gasteiger partial charge on any atom is 0.456 e. The smallest absolute Gasteiger partial charge is 0.456 e. The third kappa shape index (κ3) is 7.12. The molecule has 0 fully saturated rings. The molecule has 0 spiro atoms. The Bertz CT molecular complexity index is 1200. The third-order valence-corrected chi connectivity index (χ3v) is 5.86. The number of carbonyl (C=O) groups is 2. The predicted octanol–water partition coefficient (Wildman–Crippen LogP) is 3.94. The normalized spacial score (nSPS) is 14.4. The van der Waals surface area contributed by atoms with Crippen LogP contribution in [0.3, 0.4) is 0 Å². The van der Waals surface area contributed by atoms with Crippen molar-refractivity contribution < 1.29 is 41.4 Å². The summed E-state index contributed by atoms with van der Waals surface area (Å²) in [5.74, 6) is -7.41. The van der Waals surface area contributed by atoms with Crippen LogP contribution in [-0.4, -0.2) is 63.7 Å². The van der Waals surface area contributed by atoms with Gasteiger partial charge < -0.3 is 15.2 Å². The van der Waals surface area contributed by atoms with Crippen molar-refractivity contribution in [2.75, 3.05) is 13.2 Å². The zero-order valence-electron chi connectivity index (χ0n) is 20.1. The summed E-state index contributed by atoms with van der Waals surface area (Å²) >= 11 is 0. The number of benzene rings is 2. The van der Waals surface area contributed by atoms with E-state index in [2.05, 4.69) is 25.5 Å². The monoisotopic (exact) mass is 540 g/mol. The Balaban J connectivity index is 1.79. The largest absolute Gasteiger partial charge is 0.458 e. The number of aromatic amines is 1. The van der Waals surface area contributed by atoms with Crippen LogP contribution in [0.4, 0.5) is 22.0 Å². The minimum atomic E-state index is -5.91. The molecule has 13 heteroatoms. The lowest BCUT2D eigenvalue weighted by molar-refractivity contribution is -0.295. The Hall–Kier alpha value is -3.87. The average molecular weight is 540 g/mol. The number of H-pyrrole nitrogens is 1. The van der Waals surface area contributed by atoms with Crippen molar-refractivity contribution in [3.05, 3.63) is 72.1 Å². The van der Waals surface area contributed by atoms with Crippen molar-refractivity contribution in [2.45, 2.75) is 37.9 Å². The summed E-state index contributed by atoms with van der Waals surface area (Å²) in [6.45, 7) is -2.02. The molecule has 38 heavy (non-hydrogen) atoms. The summed E-state index contributed by atoms with van der Waals surface area (Å²) in [7, 11) is 0. The van der Waals surface area contributed by atoms with Crippen LogP contribution in [0.5, 0.6) is 0 Å². The number of hydrogen-bond donors (Lipinski definition) is 3. The molecule has 0 bridgehead atoms. The van der Waals surface area contributed by atoms with Crippen molar-refractivity contribution in [3.8, 4) is 11.1 Å². The first-order valence-electron chi connectivity index (χ1n) is 11.4. The molecule has 1 heterocycles. The van der Waals surface area contributed by atoms with Gasteiger partial charge in [0, 0.05) is 6.04 Å². The zero-order chi connectivity index (χ0) is 28.0. The predicted molar refractivity (Wildman–Crippen MR) is 125 cm³/mol. The number of nitrogens with zero attached hydrogens (tertiary/aromatic N) is 2. The highest BCUT2D eigenvalue weighted by Gasteiger charge is 2.58. The van der Waals surface area contributed by atoms with Crippen molar-refractivity contribution in [1.29, 1.82) is 0 Å². The molecule has 2 atom stereocenters. The molecule has 0 saturated heterocycles. The van der Waals surface area contributed by atoms with E-state index < -0.39 is 48.6 Å². The van der Waals surface area contributed by atoms with E-state index in [1.54, 1.807) is 12.1 Å². The third-order valence-electron chi connectivity index (χ3n) is 5.86. The van der Waals surface area contributed by atoms with Crippen LogP contribution < -0.4 is 5.32 Å². The molecule has 0 saturated carbocycles. The first kappa shape index (κ1) is 28.7. The Kier molecular flexibility index (Phi) is 8.82. The van der Waals surface area contributed by atoms with E-state index in [1.807, 2.05) is 42.5 Å². The molecule has 0 aliphatic rings. The second kappa shape index (κ2) is 11.7. The van der Waals surface area contributed by atoms with E-state index in [1.165, 1.54) is 0 Å². The highest BCUT2D eigenvalue weighted by atomic mass is 19.4. The molecule has 0 radical (unpaired) electrons. The van der Waals surface area contributed by atoms with Crippen LogP contribution in [-0.2, 0) is 16.0 Å². The van der Waals surface area contributed by atoms with Crippen LogP contribution in [0.25, 0.3) is 11.1 Å². The van der Waals surface area contributed by atoms with E-state index in [-0.39, 0.29) is 18.5 Å². The fraction of sp³-hybridized carbons (Fsp3) is 0.360. The number of aliphatic hydroxyl groups is 1. The number of alkyl halides is 5. The van der Waals surface area contributed by atoms with Crippen LogP contribution in [0.2, 0.25) is 0 Å². The molecule has 0 aliphatic carbocycles. The lowest BCUT2D eigenvalue weighted by Crippen LogP contribution is -2.47. The standard InChI is InChI=1S/C25H25F5N4O4/c1-23(14-35,22(37)38-15-24(26,27)25(28,29)30)12-19(32-21(36)20-13-31-34-33-20)11-16-7-9-18(10-8-16)17-5-3-2-4-6-17/h2-10,13,19,35H,11-12,14-15H2,1H3,(H,32,36)(H,31,33,34)/t19-,23-/m0/s1. The molecule has 2 aromatic carbocycles. The Morgan fingerprint density at radius 3 is 2.21 bits per heavy atom. The van der Waals surface area contributed by atoms with Crippen molar-refractivity contribution >= 4 is 11.9 Å². The van der Waals surface area contributed by atoms with Gasteiger partial charge in [0.2, 0.25) is 0 Å². The van der Waals surface area contributed by atoms with Gasteiger partial charge in [-0.1, -0.05) is 54.6 Å². The van der Waals surface area contributed by atoms with Gasteiger partial charge in [0.15, 0.2) is 12.3 Å². The molecule has 3 rings (SSSR count). The Morgan fingerprint density at radius 1 is 1.03 bits per heavy atom. The van der Waals surface area contributed by atoms with Gasteiger partial charge in [0.1, 0.15) is 0 Å². The molecular weight excluding hydrogens is 515 g/mol. The highest BCUT2D eigenvalue weighted by Crippen LogP contribution is 2.36. The maximum absolute atomic E-state index is 13.3. The summed E-state index contributed by atoms with van der Waals surface area (Å²) in [5.41, 5.74) is 0.626. The van der Waals surface area contributed by atoms with Crippen LogP contribution >= 0.6 is 0 Å².